The zero-order chi connectivity index (χ0) is 25.9. The van der Waals surface area contributed by atoms with Crippen molar-refractivity contribution in [1.82, 2.24) is 0 Å². The van der Waals surface area contributed by atoms with Gasteiger partial charge in [-0.15, -0.1) is 0 Å². The molecule has 0 radical (unpaired) electrons. The third kappa shape index (κ3) is 7.05. The summed E-state index contributed by atoms with van der Waals surface area (Å²) < 4.78 is 18.0. The quantitative estimate of drug-likeness (QED) is 0.331. The molecule has 1 saturated heterocycles. The van der Waals surface area contributed by atoms with E-state index in [-0.39, 0.29) is 11.5 Å². The lowest BCUT2D eigenvalue weighted by Crippen LogP contribution is -2.27. The number of thioether (sulfide) groups is 1. The highest BCUT2D eigenvalue weighted by Gasteiger charge is 2.34. The first kappa shape index (κ1) is 28.1. The van der Waals surface area contributed by atoms with Crippen LogP contribution in [0.25, 0.3) is 0 Å². The van der Waals surface area contributed by atoms with Gasteiger partial charge in [-0.3, -0.25) is 0 Å². The topological polar surface area (TPSA) is 27.7 Å². The third-order valence-corrected chi connectivity index (χ3v) is 8.50. The minimum Gasteiger partial charge on any atom is -0.491 e. The molecule has 0 spiro atoms. The highest BCUT2D eigenvalue weighted by molar-refractivity contribution is 8.00. The third-order valence-electron chi connectivity index (χ3n) is 7.23. The molecule has 0 amide bonds. The minimum absolute atomic E-state index is 0.000826. The molecule has 0 bridgehead atoms. The van der Waals surface area contributed by atoms with E-state index in [9.17, 15) is 0 Å². The van der Waals surface area contributed by atoms with Gasteiger partial charge in [0.25, 0.3) is 0 Å². The predicted octanol–water partition coefficient (Wildman–Crippen LogP) is 8.01. The lowest BCUT2D eigenvalue weighted by Gasteiger charge is -2.34. The summed E-state index contributed by atoms with van der Waals surface area (Å²) in [5.74, 6) is 1.56. The first-order chi connectivity index (χ1) is 16.4. The molecule has 1 unspecified atom stereocenters. The average molecular weight is 499 g/mol. The summed E-state index contributed by atoms with van der Waals surface area (Å²) in [6.07, 6.45) is 3.21. The molecule has 1 fully saturated rings. The zero-order valence-corrected chi connectivity index (χ0v) is 24.2. The SMILES string of the molecule is CCC(CC)(c1ccc(CCSC(C)(C)C)c(C)c1)c1ccc(OCC2COC(C)(C)O2)c(C)c1. The van der Waals surface area contributed by atoms with E-state index in [1.54, 1.807) is 0 Å². The Bertz CT molecular complexity index is 985. The van der Waals surface area contributed by atoms with E-state index in [0.717, 1.165) is 30.8 Å². The smallest absolute Gasteiger partial charge is 0.163 e. The molecule has 194 valence electrons. The van der Waals surface area contributed by atoms with Gasteiger partial charge in [-0.05, 0) is 86.6 Å². The van der Waals surface area contributed by atoms with Crippen molar-refractivity contribution in [3.05, 3.63) is 64.2 Å². The van der Waals surface area contributed by atoms with Crippen LogP contribution in [-0.4, -0.2) is 35.6 Å². The van der Waals surface area contributed by atoms with E-state index in [1.807, 2.05) is 25.6 Å². The number of ether oxygens (including phenoxy) is 3. The Morgan fingerprint density at radius 2 is 1.60 bits per heavy atom. The van der Waals surface area contributed by atoms with Crippen molar-refractivity contribution in [2.45, 2.75) is 104 Å². The van der Waals surface area contributed by atoms with Gasteiger partial charge >= 0.3 is 0 Å². The van der Waals surface area contributed by atoms with Gasteiger partial charge in [0, 0.05) is 10.2 Å². The molecule has 1 aliphatic heterocycles. The maximum absolute atomic E-state index is 6.14. The van der Waals surface area contributed by atoms with Crippen LogP contribution in [0, 0.1) is 13.8 Å². The second-order valence-corrected chi connectivity index (χ2v) is 13.3. The zero-order valence-electron chi connectivity index (χ0n) is 23.4. The molecular weight excluding hydrogens is 452 g/mol. The van der Waals surface area contributed by atoms with Gasteiger partial charge in [-0.2, -0.15) is 11.8 Å². The normalized spacial score (nSPS) is 18.1. The highest BCUT2D eigenvalue weighted by Crippen LogP contribution is 2.41. The molecule has 35 heavy (non-hydrogen) atoms. The fourth-order valence-corrected chi connectivity index (χ4v) is 6.05. The number of rotatable bonds is 10. The molecule has 0 aromatic heterocycles. The summed E-state index contributed by atoms with van der Waals surface area (Å²) in [7, 11) is 0. The predicted molar refractivity (Wildman–Crippen MR) is 150 cm³/mol. The highest BCUT2D eigenvalue weighted by atomic mass is 32.2. The van der Waals surface area contributed by atoms with Crippen LogP contribution in [0.15, 0.2) is 36.4 Å². The summed E-state index contributed by atoms with van der Waals surface area (Å²) in [6.45, 7) is 20.9. The van der Waals surface area contributed by atoms with Crippen LogP contribution in [0.2, 0.25) is 0 Å². The summed E-state index contributed by atoms with van der Waals surface area (Å²) >= 11 is 2.04. The first-order valence-electron chi connectivity index (χ1n) is 13.2. The van der Waals surface area contributed by atoms with Crippen LogP contribution in [-0.2, 0) is 21.3 Å². The fraction of sp³-hybridized carbons (Fsp3) is 0.613. The summed E-state index contributed by atoms with van der Waals surface area (Å²) in [5, 5.41) is 0. The van der Waals surface area contributed by atoms with Crippen LogP contribution >= 0.6 is 11.8 Å². The summed E-state index contributed by atoms with van der Waals surface area (Å²) in [5.41, 5.74) is 6.82. The van der Waals surface area contributed by atoms with Gasteiger partial charge in [0.15, 0.2) is 5.79 Å². The molecule has 4 heteroatoms. The van der Waals surface area contributed by atoms with Crippen LogP contribution < -0.4 is 4.74 Å². The average Bonchev–Trinajstić information content (AvgIpc) is 3.13. The van der Waals surface area contributed by atoms with Gasteiger partial charge < -0.3 is 14.2 Å². The van der Waals surface area contributed by atoms with Crippen LogP contribution in [0.3, 0.4) is 0 Å². The van der Waals surface area contributed by atoms with Crippen molar-refractivity contribution in [2.75, 3.05) is 19.0 Å². The van der Waals surface area contributed by atoms with E-state index in [4.69, 9.17) is 14.2 Å². The van der Waals surface area contributed by atoms with E-state index >= 15 is 0 Å². The molecule has 0 aliphatic carbocycles. The maximum Gasteiger partial charge on any atom is 0.163 e. The molecule has 1 heterocycles. The molecule has 1 atom stereocenters. The monoisotopic (exact) mass is 498 g/mol. The molecule has 2 aromatic carbocycles. The second-order valence-electron chi connectivity index (χ2n) is 11.4. The number of benzene rings is 2. The molecule has 1 aliphatic rings. The van der Waals surface area contributed by atoms with Crippen LogP contribution in [0.1, 0.15) is 89.1 Å². The van der Waals surface area contributed by atoms with Crippen molar-refractivity contribution in [3.8, 4) is 5.75 Å². The second kappa shape index (κ2) is 11.3. The van der Waals surface area contributed by atoms with E-state index in [1.165, 1.54) is 27.8 Å². The van der Waals surface area contributed by atoms with Crippen molar-refractivity contribution in [3.63, 3.8) is 0 Å². The van der Waals surface area contributed by atoms with Gasteiger partial charge in [-0.25, -0.2) is 0 Å². The van der Waals surface area contributed by atoms with Crippen molar-refractivity contribution >= 4 is 11.8 Å². The Morgan fingerprint density at radius 1 is 0.971 bits per heavy atom. The van der Waals surface area contributed by atoms with Gasteiger partial charge in [0.2, 0.25) is 0 Å². The molecule has 3 nitrogen and oxygen atoms in total. The summed E-state index contributed by atoms with van der Waals surface area (Å²) in [6, 6.07) is 13.9. The molecule has 0 N–H and O–H groups in total. The molecule has 3 rings (SSSR count). The van der Waals surface area contributed by atoms with Crippen molar-refractivity contribution in [1.29, 1.82) is 0 Å². The Morgan fingerprint density at radius 3 is 2.11 bits per heavy atom. The lowest BCUT2D eigenvalue weighted by molar-refractivity contribution is -0.141. The maximum atomic E-state index is 6.14. The standard InChI is InChI=1S/C31H46O3S/c1-10-31(11-2,25-13-12-24(22(3)18-25)16-17-35-29(5,6)7)26-14-15-28(23(4)19-26)32-20-27-21-33-30(8,9)34-27/h12-15,18-19,27H,10-11,16-17,20-21H2,1-9H3. The Kier molecular flexibility index (Phi) is 9.05. The Balaban J connectivity index is 1.77. The lowest BCUT2D eigenvalue weighted by atomic mass is 9.70. The number of hydrogen-bond acceptors (Lipinski definition) is 4. The van der Waals surface area contributed by atoms with E-state index in [0.29, 0.717) is 18.0 Å². The van der Waals surface area contributed by atoms with E-state index < -0.39 is 5.79 Å². The van der Waals surface area contributed by atoms with E-state index in [2.05, 4.69) is 84.9 Å². The number of aryl methyl sites for hydroxylation is 3. The molecule has 0 saturated carbocycles. The van der Waals surface area contributed by atoms with Gasteiger partial charge in [0.1, 0.15) is 18.5 Å². The Hall–Kier alpha value is -1.49. The Labute approximate surface area is 218 Å². The summed E-state index contributed by atoms with van der Waals surface area (Å²) in [4.78, 5) is 0. The van der Waals surface area contributed by atoms with Crippen molar-refractivity contribution < 1.29 is 14.2 Å². The largest absolute Gasteiger partial charge is 0.491 e. The molecule has 2 aromatic rings. The van der Waals surface area contributed by atoms with Crippen molar-refractivity contribution in [2.24, 2.45) is 0 Å². The first-order valence-corrected chi connectivity index (χ1v) is 14.2. The van der Waals surface area contributed by atoms with Crippen LogP contribution in [0.5, 0.6) is 5.75 Å². The molecular formula is C31H46O3S. The number of hydrogen-bond donors (Lipinski definition) is 0. The van der Waals surface area contributed by atoms with Crippen LogP contribution in [0.4, 0.5) is 0 Å². The van der Waals surface area contributed by atoms with Gasteiger partial charge in [-0.1, -0.05) is 65.0 Å². The minimum atomic E-state index is -0.520. The van der Waals surface area contributed by atoms with Gasteiger partial charge in [0.05, 0.1) is 6.61 Å². The fourth-order valence-electron chi connectivity index (χ4n) is 5.11.